The number of benzene rings is 2. The third-order valence-corrected chi connectivity index (χ3v) is 6.63. The molecule has 8 nitrogen and oxygen atoms in total. The molecule has 0 radical (unpaired) electrons. The number of rotatable bonds is 5. The Morgan fingerprint density at radius 3 is 2.50 bits per heavy atom. The van der Waals surface area contributed by atoms with Crippen molar-refractivity contribution >= 4 is 15.7 Å². The Morgan fingerprint density at radius 1 is 1.18 bits per heavy atom. The van der Waals surface area contributed by atoms with Crippen molar-refractivity contribution in [3.05, 3.63) is 58.1 Å². The minimum absolute atomic E-state index is 0.126. The fourth-order valence-corrected chi connectivity index (χ4v) is 4.52. The zero-order valence-electron chi connectivity index (χ0n) is 15.2. The summed E-state index contributed by atoms with van der Waals surface area (Å²) in [6, 6.07) is 11.8. The second-order valence-corrected chi connectivity index (χ2v) is 8.62. The van der Waals surface area contributed by atoms with E-state index >= 15 is 0 Å². The molecule has 0 unspecified atom stereocenters. The number of nitrogens with zero attached hydrogens (tertiary/aromatic N) is 3. The summed E-state index contributed by atoms with van der Waals surface area (Å²) in [5, 5.41) is 20.7. The molecule has 3 rings (SSSR count). The zero-order chi connectivity index (χ0) is 20.3. The lowest BCUT2D eigenvalue weighted by Crippen LogP contribution is -2.37. The highest BCUT2D eigenvalue weighted by Crippen LogP contribution is 2.35. The Labute approximate surface area is 163 Å². The number of para-hydroxylation sites is 1. The molecule has 0 aromatic heterocycles. The molecule has 2 aromatic carbocycles. The molecule has 1 aliphatic rings. The van der Waals surface area contributed by atoms with Gasteiger partial charge in [-0.3, -0.25) is 10.1 Å². The van der Waals surface area contributed by atoms with E-state index in [0.29, 0.717) is 19.0 Å². The predicted molar refractivity (Wildman–Crippen MR) is 101 cm³/mol. The van der Waals surface area contributed by atoms with Crippen molar-refractivity contribution in [3.8, 4) is 17.6 Å². The average molecular weight is 401 g/mol. The Kier molecular flexibility index (Phi) is 5.63. The van der Waals surface area contributed by atoms with Crippen molar-refractivity contribution in [3.63, 3.8) is 0 Å². The van der Waals surface area contributed by atoms with Gasteiger partial charge in [0.15, 0.2) is 0 Å². The van der Waals surface area contributed by atoms with Gasteiger partial charge >= 0.3 is 5.69 Å². The lowest BCUT2D eigenvalue weighted by atomic mass is 10.0. The zero-order valence-corrected chi connectivity index (χ0v) is 16.1. The smallest absolute Gasteiger partial charge is 0.312 e. The van der Waals surface area contributed by atoms with Crippen LogP contribution in [0.25, 0.3) is 0 Å². The van der Waals surface area contributed by atoms with Crippen molar-refractivity contribution in [1.82, 2.24) is 4.31 Å². The molecule has 1 aliphatic heterocycles. The van der Waals surface area contributed by atoms with E-state index < -0.39 is 20.6 Å². The molecule has 0 bridgehead atoms. The molecule has 0 spiro atoms. The normalized spacial score (nSPS) is 15.7. The van der Waals surface area contributed by atoms with Crippen LogP contribution in [0.1, 0.15) is 25.3 Å². The van der Waals surface area contributed by atoms with E-state index in [0.717, 1.165) is 18.9 Å². The first-order chi connectivity index (χ1) is 13.3. The highest BCUT2D eigenvalue weighted by atomic mass is 32.2. The molecule has 9 heteroatoms. The first-order valence-corrected chi connectivity index (χ1v) is 10.2. The van der Waals surface area contributed by atoms with Gasteiger partial charge in [0.1, 0.15) is 11.8 Å². The average Bonchev–Trinajstić information content (AvgIpc) is 2.68. The van der Waals surface area contributed by atoms with Crippen LogP contribution in [0.5, 0.6) is 11.5 Å². The number of ether oxygens (including phenoxy) is 1. The van der Waals surface area contributed by atoms with E-state index in [9.17, 15) is 18.5 Å². The molecule has 0 amide bonds. The number of nitro groups is 1. The van der Waals surface area contributed by atoms with Crippen molar-refractivity contribution in [2.24, 2.45) is 5.92 Å². The molecule has 1 fully saturated rings. The maximum absolute atomic E-state index is 12.9. The van der Waals surface area contributed by atoms with Gasteiger partial charge in [0.2, 0.25) is 15.8 Å². The van der Waals surface area contributed by atoms with Crippen LogP contribution >= 0.6 is 0 Å². The van der Waals surface area contributed by atoms with E-state index in [-0.39, 0.29) is 22.0 Å². The molecule has 146 valence electrons. The summed E-state index contributed by atoms with van der Waals surface area (Å²) in [6.07, 6.45) is 1.51. The minimum atomic E-state index is -3.82. The van der Waals surface area contributed by atoms with E-state index in [1.807, 2.05) is 6.07 Å². The second-order valence-electron chi connectivity index (χ2n) is 6.68. The molecular formula is C19H19N3O5S. The van der Waals surface area contributed by atoms with Gasteiger partial charge in [-0.2, -0.15) is 9.57 Å². The molecule has 1 saturated heterocycles. The summed E-state index contributed by atoms with van der Waals surface area (Å²) < 4.78 is 32.6. The van der Waals surface area contributed by atoms with Gasteiger partial charge in [0.25, 0.3) is 0 Å². The summed E-state index contributed by atoms with van der Waals surface area (Å²) in [4.78, 5) is 10.7. The van der Waals surface area contributed by atoms with Gasteiger partial charge in [-0.25, -0.2) is 8.42 Å². The fourth-order valence-electron chi connectivity index (χ4n) is 3.03. The van der Waals surface area contributed by atoms with Gasteiger partial charge in [0, 0.05) is 19.2 Å². The Balaban J connectivity index is 1.96. The van der Waals surface area contributed by atoms with Gasteiger partial charge in [-0.05, 0) is 43.0 Å². The topological polar surface area (TPSA) is 114 Å². The summed E-state index contributed by atoms with van der Waals surface area (Å²) >= 11 is 0. The Hall–Kier alpha value is -2.96. The van der Waals surface area contributed by atoms with Crippen LogP contribution in [0.4, 0.5) is 5.69 Å². The van der Waals surface area contributed by atoms with Gasteiger partial charge in [0.05, 0.1) is 15.4 Å². The number of hydrogen-bond acceptors (Lipinski definition) is 6. The number of nitriles is 1. The monoisotopic (exact) mass is 401 g/mol. The third-order valence-electron chi connectivity index (χ3n) is 4.73. The predicted octanol–water partition coefficient (Wildman–Crippen LogP) is 3.68. The molecule has 2 aromatic rings. The van der Waals surface area contributed by atoms with Crippen molar-refractivity contribution < 1.29 is 18.1 Å². The van der Waals surface area contributed by atoms with Crippen molar-refractivity contribution in [2.75, 3.05) is 13.1 Å². The lowest BCUT2D eigenvalue weighted by Gasteiger charge is -2.29. The van der Waals surface area contributed by atoms with Crippen molar-refractivity contribution in [2.45, 2.75) is 24.7 Å². The molecule has 0 atom stereocenters. The molecule has 0 saturated carbocycles. The fraction of sp³-hybridized carbons (Fsp3) is 0.316. The van der Waals surface area contributed by atoms with Crippen LogP contribution < -0.4 is 4.74 Å². The molecule has 0 N–H and O–H groups in total. The molecule has 0 aliphatic carbocycles. The second kappa shape index (κ2) is 7.96. The van der Waals surface area contributed by atoms with E-state index in [1.165, 1.54) is 28.6 Å². The number of sulfonamides is 1. The third kappa shape index (κ3) is 3.98. The van der Waals surface area contributed by atoms with Gasteiger partial charge < -0.3 is 4.74 Å². The van der Waals surface area contributed by atoms with Gasteiger partial charge in [-0.15, -0.1) is 0 Å². The quantitative estimate of drug-likeness (QED) is 0.558. The van der Waals surface area contributed by atoms with Crippen molar-refractivity contribution in [1.29, 1.82) is 5.26 Å². The molecule has 1 heterocycles. The van der Waals surface area contributed by atoms with Crippen LogP contribution in [0.15, 0.2) is 47.4 Å². The summed E-state index contributed by atoms with van der Waals surface area (Å²) in [7, 11) is -3.82. The standard InChI is InChI=1S/C19H19N3O5S/c1-14-8-10-21(11-9-14)28(25,26)16-6-7-19(17(12-16)22(23)24)27-18-5-3-2-4-15(18)13-20/h2-7,12,14H,8-11H2,1H3. The number of piperidine rings is 1. The van der Waals surface area contributed by atoms with E-state index in [1.54, 1.807) is 12.1 Å². The first-order valence-electron chi connectivity index (χ1n) is 8.78. The lowest BCUT2D eigenvalue weighted by molar-refractivity contribution is -0.385. The summed E-state index contributed by atoms with van der Waals surface area (Å²) in [5.41, 5.74) is -0.255. The van der Waals surface area contributed by atoms with Crippen LogP contribution in [0, 0.1) is 27.4 Å². The van der Waals surface area contributed by atoms with Crippen LogP contribution in [-0.2, 0) is 10.0 Å². The summed E-state index contributed by atoms with van der Waals surface area (Å²) in [6.45, 7) is 2.86. The highest BCUT2D eigenvalue weighted by Gasteiger charge is 2.30. The highest BCUT2D eigenvalue weighted by molar-refractivity contribution is 7.89. The van der Waals surface area contributed by atoms with Gasteiger partial charge in [-0.1, -0.05) is 19.1 Å². The number of nitro benzene ring substituents is 1. The minimum Gasteiger partial charge on any atom is -0.449 e. The maximum atomic E-state index is 12.9. The van der Waals surface area contributed by atoms with Crippen LogP contribution in [0.3, 0.4) is 0 Å². The SMILES string of the molecule is CC1CCN(S(=O)(=O)c2ccc(Oc3ccccc3C#N)c([N+](=O)[O-])c2)CC1. The Morgan fingerprint density at radius 2 is 1.86 bits per heavy atom. The van der Waals surface area contributed by atoms with Crippen LogP contribution in [0.2, 0.25) is 0 Å². The largest absolute Gasteiger partial charge is 0.449 e. The number of hydrogen-bond donors (Lipinski definition) is 0. The van der Waals surface area contributed by atoms with Crippen LogP contribution in [-0.4, -0.2) is 30.7 Å². The maximum Gasteiger partial charge on any atom is 0.312 e. The first kappa shape index (κ1) is 19.8. The van der Waals surface area contributed by atoms with E-state index in [4.69, 9.17) is 10.00 Å². The molecule has 28 heavy (non-hydrogen) atoms. The Bertz CT molecular complexity index is 1040. The molecular weight excluding hydrogens is 382 g/mol. The summed E-state index contributed by atoms with van der Waals surface area (Å²) in [5.74, 6) is 0.490. The van der Waals surface area contributed by atoms with E-state index in [2.05, 4.69) is 6.92 Å².